The molecule has 0 aromatic carbocycles. The number of carbonyl (C=O) groups excluding carboxylic acids is 2. The van der Waals surface area contributed by atoms with Gasteiger partial charge in [0.2, 0.25) is 0 Å². The molecule has 0 spiro atoms. The van der Waals surface area contributed by atoms with Crippen LogP contribution in [0.15, 0.2) is 36.6 Å². The average molecular weight is 278 g/mol. The molecular weight excluding hydrogens is 256 g/mol. The van der Waals surface area contributed by atoms with Crippen molar-refractivity contribution >= 4 is 11.9 Å². The van der Waals surface area contributed by atoms with Crippen LogP contribution in [0.4, 0.5) is 0 Å². The number of rotatable bonds is 7. The highest BCUT2D eigenvalue weighted by atomic mass is 16.6. The third-order valence-corrected chi connectivity index (χ3v) is 2.91. The number of hydrogen-bond acceptors (Lipinski definition) is 4. The highest BCUT2D eigenvalue weighted by molar-refractivity contribution is 5.71. The first kappa shape index (κ1) is 16.2. The monoisotopic (exact) mass is 278 g/mol. The van der Waals surface area contributed by atoms with Crippen LogP contribution in [0.5, 0.6) is 0 Å². The van der Waals surface area contributed by atoms with Crippen molar-refractivity contribution in [3.05, 3.63) is 36.6 Å². The van der Waals surface area contributed by atoms with Crippen molar-refractivity contribution in [2.24, 2.45) is 0 Å². The van der Waals surface area contributed by atoms with Crippen LogP contribution in [0.25, 0.3) is 0 Å². The zero-order chi connectivity index (χ0) is 15.0. The van der Waals surface area contributed by atoms with E-state index in [0.29, 0.717) is 25.0 Å². The summed E-state index contributed by atoms with van der Waals surface area (Å²) in [6.07, 6.45) is 9.25. The van der Waals surface area contributed by atoms with Crippen molar-refractivity contribution in [2.75, 3.05) is 0 Å². The van der Waals surface area contributed by atoms with Gasteiger partial charge in [0.05, 0.1) is 6.42 Å². The molecule has 1 aliphatic carbocycles. The van der Waals surface area contributed by atoms with Gasteiger partial charge in [-0.2, -0.15) is 0 Å². The van der Waals surface area contributed by atoms with Gasteiger partial charge in [0.15, 0.2) is 5.60 Å². The Morgan fingerprint density at radius 3 is 2.55 bits per heavy atom. The van der Waals surface area contributed by atoms with Crippen LogP contribution in [0, 0.1) is 0 Å². The SMILES string of the molecule is C=CC1(OC(=O)CCC)C=CC=C(OC(=O)CCC)C1. The van der Waals surface area contributed by atoms with E-state index < -0.39 is 5.60 Å². The lowest BCUT2D eigenvalue weighted by Crippen LogP contribution is -2.33. The van der Waals surface area contributed by atoms with Crippen molar-refractivity contribution in [3.63, 3.8) is 0 Å². The fourth-order valence-corrected chi connectivity index (χ4v) is 1.90. The van der Waals surface area contributed by atoms with E-state index in [4.69, 9.17) is 9.47 Å². The third kappa shape index (κ3) is 4.68. The first-order valence-electron chi connectivity index (χ1n) is 6.99. The van der Waals surface area contributed by atoms with Gasteiger partial charge in [-0.05, 0) is 31.1 Å². The molecule has 0 N–H and O–H groups in total. The quantitative estimate of drug-likeness (QED) is 0.529. The Hall–Kier alpha value is -1.84. The van der Waals surface area contributed by atoms with Gasteiger partial charge in [0.1, 0.15) is 5.76 Å². The summed E-state index contributed by atoms with van der Waals surface area (Å²) < 4.78 is 10.7. The molecule has 0 radical (unpaired) electrons. The minimum Gasteiger partial charge on any atom is -0.450 e. The summed E-state index contributed by atoms with van der Waals surface area (Å²) in [5.74, 6) is -0.0553. The molecule has 0 saturated carbocycles. The Labute approximate surface area is 120 Å². The molecule has 4 nitrogen and oxygen atoms in total. The van der Waals surface area contributed by atoms with Gasteiger partial charge in [0, 0.05) is 12.8 Å². The molecule has 4 heteroatoms. The molecule has 1 unspecified atom stereocenters. The molecule has 0 heterocycles. The van der Waals surface area contributed by atoms with E-state index in [1.165, 1.54) is 0 Å². The molecule has 20 heavy (non-hydrogen) atoms. The number of allylic oxidation sites excluding steroid dienone is 2. The molecule has 0 aromatic rings. The van der Waals surface area contributed by atoms with Crippen molar-refractivity contribution in [2.45, 2.75) is 51.6 Å². The van der Waals surface area contributed by atoms with E-state index in [2.05, 4.69) is 6.58 Å². The van der Waals surface area contributed by atoms with Crippen LogP contribution in [-0.2, 0) is 19.1 Å². The average Bonchev–Trinajstić information content (AvgIpc) is 2.39. The fraction of sp³-hybridized carbons (Fsp3) is 0.500. The molecule has 0 aromatic heterocycles. The largest absolute Gasteiger partial charge is 0.450 e. The molecular formula is C16H22O4. The summed E-state index contributed by atoms with van der Waals surface area (Å²) in [6.45, 7) is 7.55. The van der Waals surface area contributed by atoms with Gasteiger partial charge in [-0.1, -0.05) is 26.5 Å². The normalized spacial score (nSPS) is 21.0. The molecule has 0 aliphatic heterocycles. The Morgan fingerprint density at radius 1 is 1.30 bits per heavy atom. The van der Waals surface area contributed by atoms with Gasteiger partial charge in [-0.15, -0.1) is 0 Å². The van der Waals surface area contributed by atoms with Gasteiger partial charge in [-0.3, -0.25) is 9.59 Å². The number of ether oxygens (including phenoxy) is 2. The van der Waals surface area contributed by atoms with Gasteiger partial charge >= 0.3 is 11.9 Å². The van der Waals surface area contributed by atoms with Crippen molar-refractivity contribution < 1.29 is 19.1 Å². The van der Waals surface area contributed by atoms with Gasteiger partial charge in [0.25, 0.3) is 0 Å². The second kappa shape index (κ2) is 7.68. The summed E-state index contributed by atoms with van der Waals surface area (Å²) in [7, 11) is 0. The number of hydrogen-bond donors (Lipinski definition) is 0. The first-order valence-corrected chi connectivity index (χ1v) is 6.99. The lowest BCUT2D eigenvalue weighted by Gasteiger charge is -2.29. The Bertz CT molecular complexity index is 434. The first-order chi connectivity index (χ1) is 9.55. The van der Waals surface area contributed by atoms with E-state index >= 15 is 0 Å². The minimum atomic E-state index is -0.914. The Kier molecular flexibility index (Phi) is 6.22. The van der Waals surface area contributed by atoms with E-state index in [1.54, 1.807) is 24.3 Å². The fourth-order valence-electron chi connectivity index (χ4n) is 1.90. The summed E-state index contributed by atoms with van der Waals surface area (Å²) in [5.41, 5.74) is -0.914. The maximum atomic E-state index is 11.7. The second-order valence-corrected chi connectivity index (χ2v) is 4.78. The summed E-state index contributed by atoms with van der Waals surface area (Å²) in [5, 5.41) is 0. The minimum absolute atomic E-state index is 0.271. The Morgan fingerprint density at radius 2 is 1.95 bits per heavy atom. The molecule has 0 bridgehead atoms. The molecule has 1 aliphatic rings. The van der Waals surface area contributed by atoms with E-state index in [-0.39, 0.29) is 11.9 Å². The van der Waals surface area contributed by atoms with Gasteiger partial charge in [-0.25, -0.2) is 0 Å². The van der Waals surface area contributed by atoms with Crippen LogP contribution in [0.2, 0.25) is 0 Å². The maximum Gasteiger partial charge on any atom is 0.310 e. The van der Waals surface area contributed by atoms with Crippen LogP contribution < -0.4 is 0 Å². The summed E-state index contributed by atoms with van der Waals surface area (Å²) in [6, 6.07) is 0. The van der Waals surface area contributed by atoms with Crippen LogP contribution in [0.1, 0.15) is 46.0 Å². The smallest absolute Gasteiger partial charge is 0.310 e. The Balaban J connectivity index is 2.70. The lowest BCUT2D eigenvalue weighted by atomic mass is 9.93. The standard InChI is InChI=1S/C16H22O4/c1-4-8-14(17)19-13-10-7-11-16(6-3,12-13)20-15(18)9-5-2/h6-7,10-11H,3-5,8-9,12H2,1-2H3. The summed E-state index contributed by atoms with van der Waals surface area (Å²) >= 11 is 0. The van der Waals surface area contributed by atoms with Crippen molar-refractivity contribution in [1.82, 2.24) is 0 Å². The number of carbonyl (C=O) groups is 2. The predicted octanol–water partition coefficient (Wildman–Crippen LogP) is 3.44. The highest BCUT2D eigenvalue weighted by Gasteiger charge is 2.32. The van der Waals surface area contributed by atoms with E-state index in [9.17, 15) is 9.59 Å². The molecule has 110 valence electrons. The molecule has 0 saturated heterocycles. The highest BCUT2D eigenvalue weighted by Crippen LogP contribution is 2.29. The lowest BCUT2D eigenvalue weighted by molar-refractivity contribution is -0.152. The predicted molar refractivity (Wildman–Crippen MR) is 76.8 cm³/mol. The van der Waals surface area contributed by atoms with Crippen LogP contribution in [0.3, 0.4) is 0 Å². The molecule has 0 amide bonds. The van der Waals surface area contributed by atoms with Crippen LogP contribution in [-0.4, -0.2) is 17.5 Å². The molecule has 1 atom stereocenters. The maximum absolute atomic E-state index is 11.7. The third-order valence-electron chi connectivity index (χ3n) is 2.91. The molecule has 0 fully saturated rings. The van der Waals surface area contributed by atoms with Crippen molar-refractivity contribution in [1.29, 1.82) is 0 Å². The summed E-state index contributed by atoms with van der Waals surface area (Å²) in [4.78, 5) is 23.2. The topological polar surface area (TPSA) is 52.6 Å². The second-order valence-electron chi connectivity index (χ2n) is 4.78. The van der Waals surface area contributed by atoms with Gasteiger partial charge < -0.3 is 9.47 Å². The number of esters is 2. The van der Waals surface area contributed by atoms with E-state index in [0.717, 1.165) is 12.8 Å². The van der Waals surface area contributed by atoms with E-state index in [1.807, 2.05) is 13.8 Å². The van der Waals surface area contributed by atoms with Crippen molar-refractivity contribution in [3.8, 4) is 0 Å². The zero-order valence-electron chi connectivity index (χ0n) is 12.2. The van der Waals surface area contributed by atoms with Crippen LogP contribution >= 0.6 is 0 Å². The zero-order valence-corrected chi connectivity index (χ0v) is 12.2. The molecule has 1 rings (SSSR count).